The molecule has 1 saturated carbocycles. The number of carbonyl (C=O) groups excluding carboxylic acids is 1. The Balaban J connectivity index is 1.50. The van der Waals surface area contributed by atoms with Gasteiger partial charge >= 0.3 is 0 Å². The molecule has 2 N–H and O–H groups in total. The van der Waals surface area contributed by atoms with Crippen molar-refractivity contribution in [2.75, 3.05) is 10.2 Å². The molecule has 0 spiro atoms. The first-order valence-electron chi connectivity index (χ1n) is 13.0. The Morgan fingerprint density at radius 1 is 1.00 bits per heavy atom. The Labute approximate surface area is 223 Å². The first kappa shape index (κ1) is 25.4. The zero-order chi connectivity index (χ0) is 26.3. The molecular weight excluding hydrogens is 476 g/mol. The number of anilines is 3. The van der Waals surface area contributed by atoms with E-state index in [1.165, 1.54) is 0 Å². The van der Waals surface area contributed by atoms with E-state index in [0.29, 0.717) is 23.5 Å². The number of benzene rings is 2. The highest BCUT2D eigenvalue weighted by Gasteiger charge is 2.21. The summed E-state index contributed by atoms with van der Waals surface area (Å²) in [7, 11) is 0. The highest BCUT2D eigenvalue weighted by Crippen LogP contribution is 2.36. The van der Waals surface area contributed by atoms with Crippen LogP contribution >= 0.6 is 0 Å². The van der Waals surface area contributed by atoms with Gasteiger partial charge in [0.2, 0.25) is 0 Å². The predicted octanol–water partition coefficient (Wildman–Crippen LogP) is 6.44. The van der Waals surface area contributed by atoms with E-state index in [1.807, 2.05) is 54.7 Å². The number of carbonyl (C=O) groups is 1. The fraction of sp³-hybridized carbons (Fsp3) is 0.258. The van der Waals surface area contributed by atoms with Gasteiger partial charge in [0.25, 0.3) is 5.91 Å². The number of amides is 1. The topological polar surface area (TPSA) is 87.6 Å². The SMILES string of the molecule is CC(O)c1ccc(N(Cc2cccnc2)c2cccc(C(=O)Nc3ccncc3)c2)cc1OC1CCCC1. The molecule has 1 unspecified atom stereocenters. The monoisotopic (exact) mass is 508 g/mol. The highest BCUT2D eigenvalue weighted by molar-refractivity contribution is 6.04. The van der Waals surface area contributed by atoms with Gasteiger partial charge in [-0.2, -0.15) is 0 Å². The Kier molecular flexibility index (Phi) is 7.95. The molecule has 1 amide bonds. The van der Waals surface area contributed by atoms with Crippen LogP contribution in [0, 0.1) is 0 Å². The van der Waals surface area contributed by atoms with Crippen LogP contribution in [-0.4, -0.2) is 27.1 Å². The lowest BCUT2D eigenvalue weighted by molar-refractivity contribution is 0.102. The maximum Gasteiger partial charge on any atom is 0.255 e. The largest absolute Gasteiger partial charge is 0.490 e. The molecule has 0 bridgehead atoms. The molecule has 1 fully saturated rings. The standard InChI is InChI=1S/C31H32N4O3/c1-22(36)29-12-11-27(19-30(29)38-28-9-2-3-10-28)35(21-23-6-5-15-33-20-23)26-8-4-7-24(18-26)31(37)34-25-13-16-32-17-14-25/h4-8,11-20,22,28,36H,2-3,9-10,21H2,1H3,(H,32,34,37). The van der Waals surface area contributed by atoms with E-state index in [4.69, 9.17) is 4.74 Å². The maximum atomic E-state index is 13.0. The van der Waals surface area contributed by atoms with Crippen molar-refractivity contribution in [3.63, 3.8) is 0 Å². The van der Waals surface area contributed by atoms with Gasteiger partial charge in [-0.3, -0.25) is 14.8 Å². The number of aromatic nitrogens is 2. The van der Waals surface area contributed by atoms with Gasteiger partial charge in [0.1, 0.15) is 5.75 Å². The van der Waals surface area contributed by atoms with Gasteiger partial charge in [-0.25, -0.2) is 0 Å². The summed E-state index contributed by atoms with van der Waals surface area (Å²) in [5, 5.41) is 13.4. The second-order valence-electron chi connectivity index (χ2n) is 9.61. The quantitative estimate of drug-likeness (QED) is 0.270. The Bertz CT molecular complexity index is 1360. The fourth-order valence-corrected chi connectivity index (χ4v) is 4.78. The number of nitrogens with one attached hydrogen (secondary N) is 1. The van der Waals surface area contributed by atoms with Crippen LogP contribution in [0.3, 0.4) is 0 Å². The third-order valence-corrected chi connectivity index (χ3v) is 6.78. The van der Waals surface area contributed by atoms with E-state index in [-0.39, 0.29) is 12.0 Å². The molecule has 0 radical (unpaired) electrons. The minimum absolute atomic E-state index is 0.162. The summed E-state index contributed by atoms with van der Waals surface area (Å²) >= 11 is 0. The molecule has 0 saturated heterocycles. The van der Waals surface area contributed by atoms with Crippen LogP contribution < -0.4 is 15.0 Å². The van der Waals surface area contributed by atoms with E-state index in [2.05, 4.69) is 20.2 Å². The number of aliphatic hydroxyl groups excluding tert-OH is 1. The average molecular weight is 509 g/mol. The summed E-state index contributed by atoms with van der Waals surface area (Å²) in [6, 6.07) is 20.9. The molecule has 2 aromatic heterocycles. The lowest BCUT2D eigenvalue weighted by Crippen LogP contribution is -2.19. The fourth-order valence-electron chi connectivity index (χ4n) is 4.78. The lowest BCUT2D eigenvalue weighted by Gasteiger charge is -2.27. The van der Waals surface area contributed by atoms with E-state index < -0.39 is 6.10 Å². The van der Waals surface area contributed by atoms with Crippen molar-refractivity contribution in [2.24, 2.45) is 0 Å². The van der Waals surface area contributed by atoms with Crippen LogP contribution in [0.1, 0.15) is 60.2 Å². The second-order valence-corrected chi connectivity index (χ2v) is 9.61. The number of nitrogens with zero attached hydrogens (tertiary/aromatic N) is 3. The van der Waals surface area contributed by atoms with Crippen molar-refractivity contribution >= 4 is 23.0 Å². The zero-order valence-electron chi connectivity index (χ0n) is 21.5. The van der Waals surface area contributed by atoms with Crippen LogP contribution in [0.2, 0.25) is 0 Å². The van der Waals surface area contributed by atoms with Gasteiger partial charge in [0.05, 0.1) is 12.2 Å². The molecular formula is C31H32N4O3. The summed E-state index contributed by atoms with van der Waals surface area (Å²) in [5.74, 6) is 0.501. The molecule has 38 heavy (non-hydrogen) atoms. The van der Waals surface area contributed by atoms with E-state index in [1.54, 1.807) is 43.7 Å². The van der Waals surface area contributed by atoms with Crippen molar-refractivity contribution in [1.29, 1.82) is 0 Å². The van der Waals surface area contributed by atoms with Gasteiger partial charge in [-0.15, -0.1) is 0 Å². The number of hydrogen-bond acceptors (Lipinski definition) is 6. The number of rotatable bonds is 9. The van der Waals surface area contributed by atoms with E-state index in [0.717, 1.165) is 48.2 Å². The van der Waals surface area contributed by atoms with Gasteiger partial charge < -0.3 is 20.1 Å². The molecule has 2 aromatic carbocycles. The maximum absolute atomic E-state index is 13.0. The molecule has 0 aliphatic heterocycles. The molecule has 2 heterocycles. The minimum atomic E-state index is -0.646. The lowest BCUT2D eigenvalue weighted by atomic mass is 10.1. The minimum Gasteiger partial charge on any atom is -0.490 e. The number of pyridine rings is 2. The first-order chi connectivity index (χ1) is 18.6. The summed E-state index contributed by atoms with van der Waals surface area (Å²) in [4.78, 5) is 23.5. The first-order valence-corrected chi connectivity index (χ1v) is 13.0. The van der Waals surface area contributed by atoms with Crippen LogP contribution in [0.5, 0.6) is 5.75 Å². The Hall–Kier alpha value is -4.23. The van der Waals surface area contributed by atoms with Crippen LogP contribution in [0.4, 0.5) is 17.1 Å². The summed E-state index contributed by atoms with van der Waals surface area (Å²) in [6.07, 6.45) is 10.8. The normalized spacial score (nSPS) is 14.2. The average Bonchev–Trinajstić information content (AvgIpc) is 3.46. The van der Waals surface area contributed by atoms with Crippen molar-refractivity contribution < 1.29 is 14.6 Å². The van der Waals surface area contributed by atoms with Gasteiger partial charge in [0.15, 0.2) is 0 Å². The molecule has 194 valence electrons. The number of hydrogen-bond donors (Lipinski definition) is 2. The third kappa shape index (κ3) is 6.18. The van der Waals surface area contributed by atoms with Crippen molar-refractivity contribution in [2.45, 2.75) is 51.4 Å². The highest BCUT2D eigenvalue weighted by atomic mass is 16.5. The Morgan fingerprint density at radius 3 is 2.53 bits per heavy atom. The Morgan fingerprint density at radius 2 is 1.79 bits per heavy atom. The molecule has 1 aliphatic rings. The molecule has 4 aromatic rings. The van der Waals surface area contributed by atoms with E-state index in [9.17, 15) is 9.90 Å². The van der Waals surface area contributed by atoms with Crippen LogP contribution in [0.25, 0.3) is 0 Å². The summed E-state index contributed by atoms with van der Waals surface area (Å²) in [6.45, 7) is 2.30. The summed E-state index contributed by atoms with van der Waals surface area (Å²) < 4.78 is 6.40. The molecule has 5 rings (SSSR count). The van der Waals surface area contributed by atoms with Crippen LogP contribution in [-0.2, 0) is 6.54 Å². The predicted molar refractivity (Wildman–Crippen MR) is 149 cm³/mol. The smallest absolute Gasteiger partial charge is 0.255 e. The van der Waals surface area contributed by atoms with Gasteiger partial charge in [-0.1, -0.05) is 18.2 Å². The van der Waals surface area contributed by atoms with Crippen molar-refractivity contribution in [3.05, 3.63) is 108 Å². The van der Waals surface area contributed by atoms with Crippen LogP contribution in [0.15, 0.2) is 91.5 Å². The molecule has 1 aliphatic carbocycles. The van der Waals surface area contributed by atoms with Crippen molar-refractivity contribution in [3.8, 4) is 5.75 Å². The van der Waals surface area contributed by atoms with E-state index >= 15 is 0 Å². The summed E-state index contributed by atoms with van der Waals surface area (Å²) in [5.41, 5.74) is 4.78. The third-order valence-electron chi connectivity index (χ3n) is 6.78. The van der Waals surface area contributed by atoms with Crippen molar-refractivity contribution in [1.82, 2.24) is 9.97 Å². The zero-order valence-corrected chi connectivity index (χ0v) is 21.5. The number of ether oxygens (including phenoxy) is 1. The second kappa shape index (κ2) is 11.9. The molecule has 7 heteroatoms. The molecule has 1 atom stereocenters. The van der Waals surface area contributed by atoms with Gasteiger partial charge in [-0.05, 0) is 80.6 Å². The van der Waals surface area contributed by atoms with Gasteiger partial charge in [0, 0.05) is 65.6 Å². The molecule has 7 nitrogen and oxygen atoms in total. The number of aliphatic hydroxyl groups is 1.